The smallest absolute Gasteiger partial charge is 0.136 e. The lowest BCUT2D eigenvalue weighted by Gasteiger charge is -2.44. The third kappa shape index (κ3) is 6.11. The van der Waals surface area contributed by atoms with Crippen LogP contribution in [0, 0.1) is 5.92 Å². The zero-order chi connectivity index (χ0) is 21.2. The van der Waals surface area contributed by atoms with E-state index >= 15 is 0 Å². The first-order valence-electron chi connectivity index (χ1n) is 10.5. The van der Waals surface area contributed by atoms with Gasteiger partial charge in [-0.05, 0) is 59.0 Å². The van der Waals surface area contributed by atoms with Crippen LogP contribution < -0.4 is 4.72 Å². The Balaban J connectivity index is 1.78. The van der Waals surface area contributed by atoms with Crippen LogP contribution in [0.4, 0.5) is 0 Å². The highest BCUT2D eigenvalue weighted by molar-refractivity contribution is 7.99. The molecule has 0 aliphatic carbocycles. The maximum atomic E-state index is 12.7. The standard InChI is InChI=1S/C20H36N2O5S2/c1-20(2,3)29(26)21-14-8-6-7-13(11-22-9-4-5-10-22)12-28-19-17(25)15(23)16(24)18(14)27-19/h6-7,13-19,21,23-25H,4-5,8-12H2,1-3H3/b7-6-/t13?,14-,15?,16?,17-,18-,19?,29?/m1/s1. The van der Waals surface area contributed by atoms with Gasteiger partial charge in [0.2, 0.25) is 0 Å². The largest absolute Gasteiger partial charge is 0.598 e. The van der Waals surface area contributed by atoms with E-state index in [1.165, 1.54) is 24.6 Å². The number of fused-ring (bicyclic) bond motifs is 2. The van der Waals surface area contributed by atoms with Crippen molar-refractivity contribution in [1.29, 1.82) is 0 Å². The van der Waals surface area contributed by atoms with Crippen molar-refractivity contribution in [2.24, 2.45) is 5.92 Å². The van der Waals surface area contributed by atoms with Gasteiger partial charge < -0.3 is 29.5 Å². The van der Waals surface area contributed by atoms with E-state index in [9.17, 15) is 19.9 Å². The summed E-state index contributed by atoms with van der Waals surface area (Å²) in [7, 11) is 0. The van der Waals surface area contributed by atoms with Crippen LogP contribution in [0.1, 0.15) is 40.0 Å². The van der Waals surface area contributed by atoms with Gasteiger partial charge in [-0.1, -0.05) is 12.2 Å². The Kier molecular flexibility index (Phi) is 8.36. The van der Waals surface area contributed by atoms with Gasteiger partial charge in [0.25, 0.3) is 0 Å². The zero-order valence-electron chi connectivity index (χ0n) is 17.6. The van der Waals surface area contributed by atoms with E-state index in [2.05, 4.69) is 21.8 Å². The lowest BCUT2D eigenvalue weighted by Crippen LogP contribution is -2.63. The number of likely N-dealkylation sites (tertiary alicyclic amines) is 1. The second-order valence-corrected chi connectivity index (χ2v) is 12.4. The Morgan fingerprint density at radius 2 is 1.86 bits per heavy atom. The number of rotatable bonds is 4. The maximum Gasteiger partial charge on any atom is 0.136 e. The van der Waals surface area contributed by atoms with Gasteiger partial charge in [-0.25, -0.2) is 0 Å². The van der Waals surface area contributed by atoms with E-state index in [0.29, 0.717) is 12.3 Å². The summed E-state index contributed by atoms with van der Waals surface area (Å²) in [5.74, 6) is 1.08. The summed E-state index contributed by atoms with van der Waals surface area (Å²) in [6.45, 7) is 8.86. The molecule has 5 unspecified atom stereocenters. The minimum Gasteiger partial charge on any atom is -0.598 e. The van der Waals surface area contributed by atoms with Crippen LogP contribution in [0.15, 0.2) is 12.2 Å². The first-order chi connectivity index (χ1) is 13.7. The SMILES string of the molecule is CC(C)(C)[S+]([O-])N[C@@H]1C/C=C\C(CN2CCCC2)CSC2O[C@H]1C(O)C(O)[C@H]2O. The molecule has 2 saturated heterocycles. The Hall–Kier alpha value is 0.160. The maximum absolute atomic E-state index is 12.7. The van der Waals surface area contributed by atoms with Crippen molar-refractivity contribution in [3.8, 4) is 0 Å². The predicted molar refractivity (Wildman–Crippen MR) is 117 cm³/mol. The highest BCUT2D eigenvalue weighted by Crippen LogP contribution is 2.33. The fourth-order valence-electron chi connectivity index (χ4n) is 4.01. The molecule has 29 heavy (non-hydrogen) atoms. The molecule has 3 heterocycles. The molecule has 3 aliphatic rings. The third-order valence-corrected chi connectivity index (χ3v) is 8.75. The minimum atomic E-state index is -1.35. The predicted octanol–water partition coefficient (Wildman–Crippen LogP) is 0.620. The highest BCUT2D eigenvalue weighted by atomic mass is 32.2. The van der Waals surface area contributed by atoms with Crippen molar-refractivity contribution >= 4 is 23.1 Å². The Bertz CT molecular complexity index is 555. The van der Waals surface area contributed by atoms with E-state index < -0.39 is 52.0 Å². The average Bonchev–Trinajstić information content (AvgIpc) is 3.16. The van der Waals surface area contributed by atoms with Crippen LogP contribution in [0.3, 0.4) is 0 Å². The molecular weight excluding hydrogens is 412 g/mol. The van der Waals surface area contributed by atoms with Gasteiger partial charge in [0.1, 0.15) is 34.6 Å². The zero-order valence-corrected chi connectivity index (χ0v) is 19.2. The fraction of sp³-hybridized carbons (Fsp3) is 0.900. The van der Waals surface area contributed by atoms with E-state index in [1.54, 1.807) is 0 Å². The van der Waals surface area contributed by atoms with Crippen LogP contribution in [0.5, 0.6) is 0 Å². The molecule has 0 aromatic rings. The molecule has 0 radical (unpaired) electrons. The van der Waals surface area contributed by atoms with Gasteiger partial charge in [-0.15, -0.1) is 16.5 Å². The van der Waals surface area contributed by atoms with Gasteiger partial charge in [0, 0.05) is 23.7 Å². The number of aliphatic hydroxyl groups excluding tert-OH is 3. The quantitative estimate of drug-likeness (QED) is 0.366. The summed E-state index contributed by atoms with van der Waals surface area (Å²) < 4.78 is 21.4. The average molecular weight is 449 g/mol. The van der Waals surface area contributed by atoms with Gasteiger partial charge in [0.05, 0.1) is 6.04 Å². The van der Waals surface area contributed by atoms with Crippen molar-refractivity contribution in [1.82, 2.24) is 9.62 Å². The number of hydrogen-bond acceptors (Lipinski definition) is 8. The molecule has 0 saturated carbocycles. The van der Waals surface area contributed by atoms with E-state index in [-0.39, 0.29) is 0 Å². The van der Waals surface area contributed by atoms with Crippen molar-refractivity contribution in [3.05, 3.63) is 12.2 Å². The fourth-order valence-corrected chi connectivity index (χ4v) is 6.09. The number of hydrogen-bond donors (Lipinski definition) is 4. The molecule has 2 fully saturated rings. The number of aliphatic hydroxyl groups is 3. The lowest BCUT2D eigenvalue weighted by molar-refractivity contribution is -0.203. The Labute approximate surface area is 181 Å². The molecule has 2 bridgehead atoms. The number of thioether (sulfide) groups is 1. The second-order valence-electron chi connectivity index (χ2n) is 9.31. The summed E-state index contributed by atoms with van der Waals surface area (Å²) in [5, 5.41) is 31.4. The lowest BCUT2D eigenvalue weighted by atomic mass is 9.93. The van der Waals surface area contributed by atoms with Gasteiger partial charge in [0.15, 0.2) is 0 Å². The molecule has 9 heteroatoms. The molecule has 0 amide bonds. The second kappa shape index (κ2) is 10.2. The van der Waals surface area contributed by atoms with E-state index in [4.69, 9.17) is 4.74 Å². The summed E-state index contributed by atoms with van der Waals surface area (Å²) >= 11 is 0.133. The van der Waals surface area contributed by atoms with Crippen LogP contribution in [-0.2, 0) is 16.1 Å². The van der Waals surface area contributed by atoms with Gasteiger partial charge in [-0.3, -0.25) is 0 Å². The molecule has 168 valence electrons. The molecule has 0 aromatic heterocycles. The Morgan fingerprint density at radius 1 is 1.17 bits per heavy atom. The normalized spacial score (nSPS) is 41.8. The number of nitrogens with one attached hydrogen (secondary N) is 1. The number of ether oxygens (including phenoxy) is 1. The minimum absolute atomic E-state index is 0.309. The Morgan fingerprint density at radius 3 is 2.52 bits per heavy atom. The molecule has 3 aliphatic heterocycles. The number of nitrogens with zero attached hydrogens (tertiary/aromatic N) is 1. The first-order valence-corrected chi connectivity index (χ1v) is 12.7. The topological polar surface area (TPSA) is 108 Å². The van der Waals surface area contributed by atoms with E-state index in [1.807, 2.05) is 20.8 Å². The van der Waals surface area contributed by atoms with Gasteiger partial charge in [-0.2, -0.15) is 0 Å². The third-order valence-electron chi connectivity index (χ3n) is 5.78. The summed E-state index contributed by atoms with van der Waals surface area (Å²) in [4.78, 5) is 2.46. The van der Waals surface area contributed by atoms with Crippen LogP contribution in [-0.4, -0.2) is 90.8 Å². The van der Waals surface area contributed by atoms with Crippen molar-refractivity contribution < 1.29 is 24.6 Å². The first kappa shape index (κ1) is 23.8. The summed E-state index contributed by atoms with van der Waals surface area (Å²) in [6, 6.07) is -0.433. The van der Waals surface area contributed by atoms with Crippen molar-refractivity contribution in [2.45, 2.75) is 80.7 Å². The monoisotopic (exact) mass is 448 g/mol. The summed E-state index contributed by atoms with van der Waals surface area (Å²) in [5.41, 5.74) is -0.627. The highest BCUT2D eigenvalue weighted by Gasteiger charge is 2.48. The van der Waals surface area contributed by atoms with Crippen molar-refractivity contribution in [2.75, 3.05) is 25.4 Å². The molecule has 0 spiro atoms. The van der Waals surface area contributed by atoms with Crippen LogP contribution in [0.2, 0.25) is 0 Å². The summed E-state index contributed by atoms with van der Waals surface area (Å²) in [6.07, 6.45) is 2.84. The molecule has 4 N–H and O–H groups in total. The van der Waals surface area contributed by atoms with Crippen molar-refractivity contribution in [3.63, 3.8) is 0 Å². The van der Waals surface area contributed by atoms with Crippen LogP contribution in [0.25, 0.3) is 0 Å². The molecule has 7 nitrogen and oxygen atoms in total. The molecule has 0 aromatic carbocycles. The molecule has 3 rings (SSSR count). The molecular formula is C20H36N2O5S2. The van der Waals surface area contributed by atoms with E-state index in [0.717, 1.165) is 25.4 Å². The van der Waals surface area contributed by atoms with Crippen LogP contribution >= 0.6 is 11.8 Å². The van der Waals surface area contributed by atoms with Gasteiger partial charge >= 0.3 is 0 Å². The molecule has 8 atom stereocenters.